The molecule has 29 heavy (non-hydrogen) atoms. The van der Waals surface area contributed by atoms with E-state index in [2.05, 4.69) is 5.32 Å². The molecule has 1 aliphatic heterocycles. The van der Waals surface area contributed by atoms with E-state index in [4.69, 9.17) is 9.47 Å². The molecule has 1 heterocycles. The van der Waals surface area contributed by atoms with Crippen molar-refractivity contribution in [1.29, 1.82) is 0 Å². The number of carbonyl (C=O) groups is 2. The number of ether oxygens (including phenoxy) is 2. The van der Waals surface area contributed by atoms with E-state index in [1.807, 2.05) is 57.2 Å². The summed E-state index contributed by atoms with van der Waals surface area (Å²) in [6.07, 6.45) is -0.264. The monoisotopic (exact) mass is 396 g/mol. The number of para-hydroxylation sites is 2. The molecule has 1 N–H and O–H groups in total. The molecule has 154 valence electrons. The molecule has 2 aromatic carbocycles. The van der Waals surface area contributed by atoms with E-state index in [1.165, 1.54) is 0 Å². The number of nitrogens with zero attached hydrogens (tertiary/aromatic N) is 1. The maximum Gasteiger partial charge on any atom is 0.251 e. The van der Waals surface area contributed by atoms with Crippen molar-refractivity contribution >= 4 is 11.8 Å². The first-order chi connectivity index (χ1) is 13.8. The molecule has 2 unspecified atom stereocenters. The predicted molar refractivity (Wildman–Crippen MR) is 111 cm³/mol. The summed E-state index contributed by atoms with van der Waals surface area (Å²) >= 11 is 0. The van der Waals surface area contributed by atoms with Gasteiger partial charge >= 0.3 is 0 Å². The summed E-state index contributed by atoms with van der Waals surface area (Å²) in [7, 11) is 1.72. The fourth-order valence-corrected chi connectivity index (χ4v) is 3.23. The molecule has 0 saturated carbocycles. The highest BCUT2D eigenvalue weighted by Crippen LogP contribution is 2.31. The van der Waals surface area contributed by atoms with Gasteiger partial charge in [-0.2, -0.15) is 0 Å². The zero-order valence-corrected chi connectivity index (χ0v) is 17.3. The van der Waals surface area contributed by atoms with Gasteiger partial charge in [-0.1, -0.05) is 43.7 Å². The van der Waals surface area contributed by atoms with E-state index < -0.39 is 6.04 Å². The largest absolute Gasteiger partial charge is 0.486 e. The Morgan fingerprint density at radius 3 is 2.41 bits per heavy atom. The molecule has 6 nitrogen and oxygen atoms in total. The van der Waals surface area contributed by atoms with E-state index in [1.54, 1.807) is 24.1 Å². The van der Waals surface area contributed by atoms with Gasteiger partial charge in [0.1, 0.15) is 12.6 Å². The van der Waals surface area contributed by atoms with Crippen LogP contribution in [0.1, 0.15) is 29.8 Å². The number of amides is 2. The summed E-state index contributed by atoms with van der Waals surface area (Å²) in [6, 6.07) is 14.2. The molecule has 2 aromatic rings. The summed E-state index contributed by atoms with van der Waals surface area (Å²) in [5, 5.41) is 2.88. The SMILES string of the molecule is Cc1ccc(C(=O)NC(C(=O)N(C)CC2COc3ccccc3O2)C(C)C)cc1. The van der Waals surface area contributed by atoms with Crippen LogP contribution in [-0.2, 0) is 4.79 Å². The number of carbonyl (C=O) groups excluding carboxylic acids is 2. The Kier molecular flexibility index (Phi) is 6.42. The van der Waals surface area contributed by atoms with Crippen LogP contribution in [0.4, 0.5) is 0 Å². The van der Waals surface area contributed by atoms with Crippen molar-refractivity contribution in [2.45, 2.75) is 32.9 Å². The standard InChI is InChI=1S/C23H28N2O4/c1-15(2)21(24-22(26)17-11-9-16(3)10-12-17)23(27)25(4)13-18-14-28-19-7-5-6-8-20(19)29-18/h5-12,15,18,21H,13-14H2,1-4H3,(H,24,26). The van der Waals surface area contributed by atoms with E-state index in [9.17, 15) is 9.59 Å². The van der Waals surface area contributed by atoms with Gasteiger partial charge in [0.25, 0.3) is 5.91 Å². The van der Waals surface area contributed by atoms with E-state index in [0.717, 1.165) is 5.56 Å². The maximum absolute atomic E-state index is 13.0. The Balaban J connectivity index is 1.62. The van der Waals surface area contributed by atoms with Gasteiger partial charge in [-0.25, -0.2) is 0 Å². The molecule has 2 atom stereocenters. The van der Waals surface area contributed by atoms with Crippen LogP contribution in [0.25, 0.3) is 0 Å². The van der Waals surface area contributed by atoms with Crippen LogP contribution in [0.15, 0.2) is 48.5 Å². The number of rotatable bonds is 6. The van der Waals surface area contributed by atoms with Gasteiger partial charge in [0.2, 0.25) is 5.91 Å². The van der Waals surface area contributed by atoms with Gasteiger partial charge in [0, 0.05) is 12.6 Å². The third-order valence-electron chi connectivity index (χ3n) is 4.95. The molecule has 0 fully saturated rings. The van der Waals surface area contributed by atoms with Crippen LogP contribution in [0, 0.1) is 12.8 Å². The van der Waals surface area contributed by atoms with Crippen molar-refractivity contribution in [3.05, 3.63) is 59.7 Å². The summed E-state index contributed by atoms with van der Waals surface area (Å²) in [4.78, 5) is 27.2. The maximum atomic E-state index is 13.0. The Labute approximate surface area is 171 Å². The lowest BCUT2D eigenvalue weighted by molar-refractivity contribution is -0.134. The first kappa shape index (κ1) is 20.7. The van der Waals surface area contributed by atoms with Crippen LogP contribution in [0.3, 0.4) is 0 Å². The minimum atomic E-state index is -0.620. The molecule has 1 aliphatic rings. The Morgan fingerprint density at radius 1 is 1.10 bits per heavy atom. The van der Waals surface area contributed by atoms with Crippen molar-refractivity contribution < 1.29 is 19.1 Å². The predicted octanol–water partition coefficient (Wildman–Crippen LogP) is 3.05. The van der Waals surface area contributed by atoms with Gasteiger partial charge in [0.05, 0.1) is 6.54 Å². The minimum Gasteiger partial charge on any atom is -0.486 e. The number of hydrogen-bond acceptors (Lipinski definition) is 4. The molecule has 0 saturated heterocycles. The number of hydrogen-bond donors (Lipinski definition) is 1. The molecular weight excluding hydrogens is 368 g/mol. The first-order valence-electron chi connectivity index (χ1n) is 9.86. The van der Waals surface area contributed by atoms with Crippen LogP contribution < -0.4 is 14.8 Å². The lowest BCUT2D eigenvalue weighted by atomic mass is 10.0. The lowest BCUT2D eigenvalue weighted by Gasteiger charge is -2.32. The number of fused-ring (bicyclic) bond motifs is 1. The molecule has 2 amide bonds. The summed E-state index contributed by atoms with van der Waals surface area (Å²) in [5.74, 6) is 0.934. The molecule has 0 radical (unpaired) electrons. The third-order valence-corrected chi connectivity index (χ3v) is 4.95. The van der Waals surface area contributed by atoms with Crippen molar-refractivity contribution in [3.63, 3.8) is 0 Å². The lowest BCUT2D eigenvalue weighted by Crippen LogP contribution is -2.52. The summed E-state index contributed by atoms with van der Waals surface area (Å²) < 4.78 is 11.7. The zero-order chi connectivity index (χ0) is 21.0. The van der Waals surface area contributed by atoms with Crippen LogP contribution in [0.2, 0.25) is 0 Å². The van der Waals surface area contributed by atoms with E-state index >= 15 is 0 Å². The fourth-order valence-electron chi connectivity index (χ4n) is 3.23. The molecular formula is C23H28N2O4. The summed E-state index contributed by atoms with van der Waals surface area (Å²) in [6.45, 7) is 6.55. The Hall–Kier alpha value is -3.02. The molecule has 0 aliphatic carbocycles. The van der Waals surface area contributed by atoms with Crippen molar-refractivity contribution in [1.82, 2.24) is 10.2 Å². The van der Waals surface area contributed by atoms with Crippen molar-refractivity contribution in [2.24, 2.45) is 5.92 Å². The first-order valence-corrected chi connectivity index (χ1v) is 9.86. The normalized spacial score (nSPS) is 16.2. The highest BCUT2D eigenvalue weighted by molar-refractivity contribution is 5.97. The topological polar surface area (TPSA) is 67.9 Å². The van der Waals surface area contributed by atoms with E-state index in [-0.39, 0.29) is 23.8 Å². The quantitative estimate of drug-likeness (QED) is 0.815. The average molecular weight is 396 g/mol. The van der Waals surface area contributed by atoms with Crippen molar-refractivity contribution in [2.75, 3.05) is 20.2 Å². The average Bonchev–Trinajstić information content (AvgIpc) is 2.71. The molecule has 0 bridgehead atoms. The Morgan fingerprint density at radius 2 is 1.76 bits per heavy atom. The zero-order valence-electron chi connectivity index (χ0n) is 17.3. The number of likely N-dealkylation sites (N-methyl/N-ethyl adjacent to an activating group) is 1. The van der Waals surface area contributed by atoms with Crippen molar-refractivity contribution in [3.8, 4) is 11.5 Å². The second-order valence-corrected chi connectivity index (χ2v) is 7.78. The summed E-state index contributed by atoms with van der Waals surface area (Å²) in [5.41, 5.74) is 1.62. The molecule has 3 rings (SSSR count). The van der Waals surface area contributed by atoms with E-state index in [0.29, 0.717) is 30.2 Å². The van der Waals surface area contributed by atoms with Crippen LogP contribution >= 0.6 is 0 Å². The number of nitrogens with one attached hydrogen (secondary N) is 1. The number of aryl methyl sites for hydroxylation is 1. The highest BCUT2D eigenvalue weighted by Gasteiger charge is 2.30. The fraction of sp³-hybridized carbons (Fsp3) is 0.391. The second-order valence-electron chi connectivity index (χ2n) is 7.78. The Bertz CT molecular complexity index is 863. The molecule has 6 heteroatoms. The van der Waals surface area contributed by atoms with Gasteiger partial charge in [-0.3, -0.25) is 9.59 Å². The van der Waals surface area contributed by atoms with Gasteiger partial charge < -0.3 is 19.7 Å². The molecule has 0 spiro atoms. The number of benzene rings is 2. The highest BCUT2D eigenvalue weighted by atomic mass is 16.6. The van der Waals surface area contributed by atoms with Gasteiger partial charge in [-0.15, -0.1) is 0 Å². The van der Waals surface area contributed by atoms with Gasteiger partial charge in [-0.05, 0) is 37.1 Å². The van der Waals surface area contributed by atoms with Gasteiger partial charge in [0.15, 0.2) is 17.6 Å². The minimum absolute atomic E-state index is 0.0522. The molecule has 0 aromatic heterocycles. The van der Waals surface area contributed by atoms with Crippen LogP contribution in [-0.4, -0.2) is 49.1 Å². The van der Waals surface area contributed by atoms with Crippen LogP contribution in [0.5, 0.6) is 11.5 Å². The second kappa shape index (κ2) is 8.99. The smallest absolute Gasteiger partial charge is 0.251 e. The third kappa shape index (κ3) is 5.08.